The maximum absolute atomic E-state index is 13.3. The van der Waals surface area contributed by atoms with Crippen LogP contribution in [0.1, 0.15) is 50.1 Å². The highest BCUT2D eigenvalue weighted by Gasteiger charge is 2.35. The molecule has 0 amide bonds. The Labute approximate surface area is 177 Å². The zero-order valence-corrected chi connectivity index (χ0v) is 17.1. The van der Waals surface area contributed by atoms with Crippen LogP contribution in [0.4, 0.5) is 24.8 Å². The predicted molar refractivity (Wildman–Crippen MR) is 110 cm³/mol. The summed E-state index contributed by atoms with van der Waals surface area (Å²) in [5, 5.41) is 17.6. The van der Waals surface area contributed by atoms with E-state index in [4.69, 9.17) is 0 Å². The van der Waals surface area contributed by atoms with Crippen LogP contribution in [0.2, 0.25) is 0 Å². The van der Waals surface area contributed by atoms with Crippen molar-refractivity contribution < 1.29 is 18.3 Å². The molecule has 2 aromatic rings. The van der Waals surface area contributed by atoms with Gasteiger partial charge in [0.25, 0.3) is 5.56 Å². The van der Waals surface area contributed by atoms with Crippen LogP contribution in [0.25, 0.3) is 0 Å². The lowest BCUT2D eigenvalue weighted by Gasteiger charge is -2.37. The number of nitrogens with zero attached hydrogens (tertiary/aromatic N) is 4. The van der Waals surface area contributed by atoms with E-state index < -0.39 is 17.8 Å². The second-order valence-electron chi connectivity index (χ2n) is 8.16. The van der Waals surface area contributed by atoms with Crippen molar-refractivity contribution in [1.82, 2.24) is 14.8 Å². The first-order valence-corrected chi connectivity index (χ1v) is 10.7. The molecule has 31 heavy (non-hydrogen) atoms. The summed E-state index contributed by atoms with van der Waals surface area (Å²) in [7, 11) is 0. The second kappa shape index (κ2) is 8.86. The fourth-order valence-electron chi connectivity index (χ4n) is 4.52. The summed E-state index contributed by atoms with van der Waals surface area (Å²) in [6.07, 6.45) is 1.11. The largest absolute Gasteiger partial charge is 0.419 e. The van der Waals surface area contributed by atoms with Gasteiger partial charge in [-0.2, -0.15) is 18.3 Å². The molecule has 0 aromatic carbocycles. The molecule has 2 N–H and O–H groups in total. The van der Waals surface area contributed by atoms with Crippen molar-refractivity contribution in [1.29, 1.82) is 0 Å². The van der Waals surface area contributed by atoms with Gasteiger partial charge in [0.2, 0.25) is 0 Å². The molecule has 2 aliphatic rings. The molecule has 1 aliphatic heterocycles. The SMILES string of the molecule is O=c1ccc(N2CCCCC2CNc2ncccc2C(F)(F)F)nn1C1CCCC1O. The van der Waals surface area contributed by atoms with Crippen LogP contribution < -0.4 is 15.8 Å². The molecule has 4 rings (SSSR count). The Balaban J connectivity index is 1.55. The molecule has 1 aliphatic carbocycles. The van der Waals surface area contributed by atoms with E-state index in [1.165, 1.54) is 23.0 Å². The molecule has 2 aromatic heterocycles. The lowest BCUT2D eigenvalue weighted by atomic mass is 10.0. The topological polar surface area (TPSA) is 83.3 Å². The second-order valence-corrected chi connectivity index (χ2v) is 8.16. The van der Waals surface area contributed by atoms with E-state index in [9.17, 15) is 23.1 Å². The van der Waals surface area contributed by atoms with Gasteiger partial charge < -0.3 is 15.3 Å². The van der Waals surface area contributed by atoms with Crippen molar-refractivity contribution >= 4 is 11.6 Å². The molecule has 1 saturated carbocycles. The number of alkyl halides is 3. The van der Waals surface area contributed by atoms with E-state index in [1.807, 2.05) is 4.90 Å². The van der Waals surface area contributed by atoms with Gasteiger partial charge in [0, 0.05) is 31.4 Å². The van der Waals surface area contributed by atoms with Gasteiger partial charge >= 0.3 is 6.18 Å². The van der Waals surface area contributed by atoms with E-state index in [-0.39, 0.29) is 30.0 Å². The Morgan fingerprint density at radius 2 is 1.97 bits per heavy atom. The zero-order valence-electron chi connectivity index (χ0n) is 17.1. The number of pyridine rings is 1. The lowest BCUT2D eigenvalue weighted by molar-refractivity contribution is -0.137. The Morgan fingerprint density at radius 1 is 1.13 bits per heavy atom. The molecule has 0 bridgehead atoms. The van der Waals surface area contributed by atoms with Gasteiger partial charge in [-0.05, 0) is 56.7 Å². The number of halogens is 3. The van der Waals surface area contributed by atoms with Crippen molar-refractivity contribution in [3.63, 3.8) is 0 Å². The summed E-state index contributed by atoms with van der Waals surface area (Å²) in [5.41, 5.74) is -1.05. The van der Waals surface area contributed by atoms with E-state index in [0.717, 1.165) is 31.7 Å². The Kier molecular flexibility index (Phi) is 6.17. The van der Waals surface area contributed by atoms with Gasteiger partial charge in [0.15, 0.2) is 0 Å². The van der Waals surface area contributed by atoms with Crippen LogP contribution in [-0.4, -0.2) is 45.1 Å². The van der Waals surface area contributed by atoms with Crippen LogP contribution in [-0.2, 0) is 6.18 Å². The Morgan fingerprint density at radius 3 is 2.71 bits per heavy atom. The highest BCUT2D eigenvalue weighted by atomic mass is 19.4. The Hall–Kier alpha value is -2.62. The van der Waals surface area contributed by atoms with Crippen molar-refractivity contribution in [3.05, 3.63) is 46.4 Å². The standard InChI is InChI=1S/C21H26F3N5O2/c22-21(23,24)15-6-4-11-25-20(15)26-13-14-5-1-2-12-28(14)18-9-10-19(31)29(27-18)16-7-3-8-17(16)30/h4,6,9-11,14,16-17,30H,1-3,5,7-8,12-13H2,(H,25,26). The number of aromatic nitrogens is 3. The van der Waals surface area contributed by atoms with Crippen molar-refractivity contribution in [2.75, 3.05) is 23.3 Å². The summed E-state index contributed by atoms with van der Waals surface area (Å²) < 4.78 is 41.2. The summed E-state index contributed by atoms with van der Waals surface area (Å²) in [5.74, 6) is 0.412. The summed E-state index contributed by atoms with van der Waals surface area (Å²) in [4.78, 5) is 18.3. The van der Waals surface area contributed by atoms with Gasteiger partial charge in [0.1, 0.15) is 11.6 Å². The van der Waals surface area contributed by atoms with Gasteiger partial charge in [0.05, 0.1) is 17.7 Å². The van der Waals surface area contributed by atoms with Crippen LogP contribution in [0.3, 0.4) is 0 Å². The van der Waals surface area contributed by atoms with Crippen molar-refractivity contribution in [3.8, 4) is 0 Å². The molecular formula is C21H26F3N5O2. The summed E-state index contributed by atoms with van der Waals surface area (Å²) >= 11 is 0. The van der Waals surface area contributed by atoms with Crippen molar-refractivity contribution in [2.24, 2.45) is 0 Å². The van der Waals surface area contributed by atoms with Crippen LogP contribution in [0.5, 0.6) is 0 Å². The molecule has 1 saturated heterocycles. The lowest BCUT2D eigenvalue weighted by Crippen LogP contribution is -2.45. The number of aliphatic hydroxyl groups is 1. The first-order valence-electron chi connectivity index (χ1n) is 10.7. The summed E-state index contributed by atoms with van der Waals surface area (Å²) in [6.45, 7) is 0.964. The molecule has 0 radical (unpaired) electrons. The molecule has 3 heterocycles. The summed E-state index contributed by atoms with van der Waals surface area (Å²) in [6, 6.07) is 4.96. The molecule has 3 unspecified atom stereocenters. The maximum atomic E-state index is 13.3. The average molecular weight is 437 g/mol. The highest BCUT2D eigenvalue weighted by Crippen LogP contribution is 2.34. The molecule has 168 valence electrons. The number of rotatable bonds is 5. The molecule has 7 nitrogen and oxygen atoms in total. The fraction of sp³-hybridized carbons (Fsp3) is 0.571. The molecule has 10 heteroatoms. The highest BCUT2D eigenvalue weighted by molar-refractivity contribution is 5.47. The minimum Gasteiger partial charge on any atom is -0.391 e. The number of hydrogen-bond donors (Lipinski definition) is 2. The third-order valence-corrected chi connectivity index (χ3v) is 6.11. The quantitative estimate of drug-likeness (QED) is 0.748. The number of aliphatic hydroxyl groups excluding tert-OH is 1. The van der Waals surface area contributed by atoms with E-state index >= 15 is 0 Å². The smallest absolute Gasteiger partial charge is 0.391 e. The van der Waals surface area contributed by atoms with Gasteiger partial charge in [-0.3, -0.25) is 4.79 Å². The predicted octanol–water partition coefficient (Wildman–Crippen LogP) is 3.21. The molecule has 2 fully saturated rings. The number of nitrogens with one attached hydrogen (secondary N) is 1. The van der Waals surface area contributed by atoms with Crippen LogP contribution in [0, 0.1) is 0 Å². The van der Waals surface area contributed by atoms with Crippen LogP contribution >= 0.6 is 0 Å². The fourth-order valence-corrected chi connectivity index (χ4v) is 4.52. The molecule has 3 atom stereocenters. The first-order chi connectivity index (χ1) is 14.8. The Bertz CT molecular complexity index is 965. The minimum atomic E-state index is -4.48. The van der Waals surface area contributed by atoms with Gasteiger partial charge in [-0.1, -0.05) is 0 Å². The van der Waals surface area contributed by atoms with E-state index in [1.54, 1.807) is 6.07 Å². The van der Waals surface area contributed by atoms with E-state index in [0.29, 0.717) is 25.2 Å². The zero-order chi connectivity index (χ0) is 22.0. The number of anilines is 2. The van der Waals surface area contributed by atoms with Gasteiger partial charge in [-0.25, -0.2) is 9.67 Å². The van der Waals surface area contributed by atoms with Gasteiger partial charge in [-0.15, -0.1) is 0 Å². The maximum Gasteiger partial charge on any atom is 0.419 e. The minimum absolute atomic E-state index is 0.0937. The van der Waals surface area contributed by atoms with E-state index in [2.05, 4.69) is 15.4 Å². The third kappa shape index (κ3) is 4.68. The normalized spacial score (nSPS) is 24.4. The van der Waals surface area contributed by atoms with Crippen molar-refractivity contribution in [2.45, 2.75) is 62.9 Å². The van der Waals surface area contributed by atoms with Crippen LogP contribution in [0.15, 0.2) is 35.3 Å². The molecule has 0 spiro atoms. The number of hydrogen-bond acceptors (Lipinski definition) is 6. The third-order valence-electron chi connectivity index (χ3n) is 6.11. The molecular weight excluding hydrogens is 411 g/mol. The average Bonchev–Trinajstić information content (AvgIpc) is 3.18. The number of piperidine rings is 1. The monoisotopic (exact) mass is 437 g/mol. The first kappa shape index (κ1) is 21.6.